The van der Waals surface area contributed by atoms with E-state index in [1.54, 1.807) is 44.7 Å². The quantitative estimate of drug-likeness (QED) is 0.207. The molecule has 6 unspecified atom stereocenters. The van der Waals surface area contributed by atoms with Gasteiger partial charge in [0.25, 0.3) is 0 Å². The molecule has 1 saturated carbocycles. The van der Waals surface area contributed by atoms with Gasteiger partial charge in [-0.1, -0.05) is 50.1 Å². The first-order chi connectivity index (χ1) is 23.2. The first kappa shape index (κ1) is 39.9. The standard InChI is InChI=1S/C36H57N5O8/c1-23(33(44)39-26(34(45)49-7)20-24-14-9-8-10-15-24)32(48-6)27-18-13-19-41(27)29(42)21-28(47-5)31(25-16-11-12-17-25)40(4)30(43)22-38-35(46)36(2,3)37/h8-10,14-15,23,25-28,31-32H,11-13,16-22,37H2,1-7H3,(H,38,46)(H,39,44). The number of hydrogen-bond acceptors (Lipinski definition) is 9. The van der Waals surface area contributed by atoms with Crippen LogP contribution in [0.15, 0.2) is 30.3 Å². The predicted molar refractivity (Wildman–Crippen MR) is 184 cm³/mol. The molecule has 1 heterocycles. The van der Waals surface area contributed by atoms with Gasteiger partial charge in [0, 0.05) is 34.2 Å². The number of hydrogen-bond donors (Lipinski definition) is 3. The van der Waals surface area contributed by atoms with Gasteiger partial charge in [-0.15, -0.1) is 0 Å². The number of likely N-dealkylation sites (tertiary alicyclic amines) is 1. The SMILES string of the molecule is COC(=O)C(Cc1ccccc1)NC(=O)C(C)C(OC)C1CCCN1C(=O)CC(OC)C(C1CCCC1)N(C)C(=O)CNC(=O)C(C)(C)N. The lowest BCUT2D eigenvalue weighted by atomic mass is 9.89. The number of carbonyl (C=O) groups is 5. The fraction of sp³-hybridized carbons (Fsp3) is 0.694. The fourth-order valence-electron chi connectivity index (χ4n) is 7.25. The lowest BCUT2D eigenvalue weighted by Gasteiger charge is -2.39. The zero-order valence-corrected chi connectivity index (χ0v) is 30.2. The van der Waals surface area contributed by atoms with E-state index in [1.807, 2.05) is 30.3 Å². The van der Waals surface area contributed by atoms with Crippen LogP contribution in [0.2, 0.25) is 0 Å². The second-order valence-electron chi connectivity index (χ2n) is 14.0. The Morgan fingerprint density at radius 3 is 2.22 bits per heavy atom. The van der Waals surface area contributed by atoms with Gasteiger partial charge in [-0.3, -0.25) is 19.2 Å². The van der Waals surface area contributed by atoms with E-state index in [-0.39, 0.29) is 55.1 Å². The Morgan fingerprint density at radius 2 is 1.65 bits per heavy atom. The van der Waals surface area contributed by atoms with E-state index >= 15 is 0 Å². The van der Waals surface area contributed by atoms with Gasteiger partial charge in [0.15, 0.2) is 0 Å². The van der Waals surface area contributed by atoms with Crippen LogP contribution in [0.3, 0.4) is 0 Å². The monoisotopic (exact) mass is 687 g/mol. The number of likely N-dealkylation sites (N-methyl/N-ethyl adjacent to an activating group) is 1. The first-order valence-electron chi connectivity index (χ1n) is 17.3. The molecule has 2 fully saturated rings. The minimum absolute atomic E-state index is 0.0342. The number of ether oxygens (including phenoxy) is 3. The molecule has 3 rings (SSSR count). The van der Waals surface area contributed by atoms with E-state index in [0.717, 1.165) is 37.7 Å². The van der Waals surface area contributed by atoms with E-state index in [0.29, 0.717) is 13.0 Å². The highest BCUT2D eigenvalue weighted by Crippen LogP contribution is 2.34. The molecule has 1 aromatic rings. The summed E-state index contributed by atoms with van der Waals surface area (Å²) in [5, 5.41) is 5.47. The van der Waals surface area contributed by atoms with Crippen molar-refractivity contribution in [3.8, 4) is 0 Å². The summed E-state index contributed by atoms with van der Waals surface area (Å²) in [6, 6.07) is 7.73. The maximum absolute atomic E-state index is 14.0. The van der Waals surface area contributed by atoms with Crippen molar-refractivity contribution in [2.24, 2.45) is 17.6 Å². The van der Waals surface area contributed by atoms with Crippen LogP contribution in [0.5, 0.6) is 0 Å². The molecule has 13 heteroatoms. The number of amides is 4. The second kappa shape index (κ2) is 18.4. The smallest absolute Gasteiger partial charge is 0.328 e. The Hall–Kier alpha value is -3.55. The van der Waals surface area contributed by atoms with E-state index in [2.05, 4.69) is 10.6 Å². The number of carbonyl (C=O) groups excluding carboxylic acids is 5. The van der Waals surface area contributed by atoms with Crippen LogP contribution in [0, 0.1) is 11.8 Å². The van der Waals surface area contributed by atoms with Crippen LogP contribution in [0.25, 0.3) is 0 Å². The Balaban J connectivity index is 1.73. The van der Waals surface area contributed by atoms with Crippen LogP contribution >= 0.6 is 0 Å². The Bertz CT molecular complexity index is 1270. The maximum atomic E-state index is 14.0. The average molecular weight is 688 g/mol. The topological polar surface area (TPSA) is 170 Å². The molecule has 13 nitrogen and oxygen atoms in total. The van der Waals surface area contributed by atoms with Crippen molar-refractivity contribution in [3.63, 3.8) is 0 Å². The number of nitrogens with two attached hydrogens (primary N) is 1. The van der Waals surface area contributed by atoms with E-state index < -0.39 is 41.6 Å². The number of nitrogens with one attached hydrogen (secondary N) is 2. The molecule has 0 aromatic heterocycles. The van der Waals surface area contributed by atoms with Gasteiger partial charge < -0.3 is 40.4 Å². The van der Waals surface area contributed by atoms with Crippen molar-refractivity contribution in [2.75, 3.05) is 41.5 Å². The largest absolute Gasteiger partial charge is 0.467 e. The van der Waals surface area contributed by atoms with Crippen LogP contribution in [0.1, 0.15) is 71.3 Å². The zero-order valence-electron chi connectivity index (χ0n) is 30.2. The highest BCUT2D eigenvalue weighted by molar-refractivity contribution is 5.89. The molecule has 49 heavy (non-hydrogen) atoms. The van der Waals surface area contributed by atoms with Crippen LogP contribution in [-0.2, 0) is 44.6 Å². The lowest BCUT2D eigenvalue weighted by molar-refractivity contribution is -0.148. The van der Waals surface area contributed by atoms with Crippen LogP contribution < -0.4 is 16.4 Å². The Kier molecular flexibility index (Phi) is 15.0. The summed E-state index contributed by atoms with van der Waals surface area (Å²) in [7, 11) is 6.06. The molecule has 1 aliphatic carbocycles. The Morgan fingerprint density at radius 1 is 1.00 bits per heavy atom. The minimum Gasteiger partial charge on any atom is -0.467 e. The molecule has 4 N–H and O–H groups in total. The molecule has 274 valence electrons. The zero-order chi connectivity index (χ0) is 36.3. The molecule has 4 amide bonds. The summed E-state index contributed by atoms with van der Waals surface area (Å²) < 4.78 is 16.8. The third-order valence-electron chi connectivity index (χ3n) is 10.0. The molecule has 1 aromatic carbocycles. The van der Waals surface area contributed by atoms with Crippen molar-refractivity contribution in [3.05, 3.63) is 35.9 Å². The van der Waals surface area contributed by atoms with Gasteiger partial charge in [-0.2, -0.15) is 0 Å². The van der Waals surface area contributed by atoms with E-state index in [9.17, 15) is 24.0 Å². The molecule has 0 bridgehead atoms. The molecule has 0 spiro atoms. The number of methoxy groups -OCH3 is 3. The minimum atomic E-state index is -1.12. The molecular weight excluding hydrogens is 630 g/mol. The third-order valence-corrected chi connectivity index (χ3v) is 10.0. The summed E-state index contributed by atoms with van der Waals surface area (Å²) in [5.74, 6) is -2.35. The van der Waals surface area contributed by atoms with E-state index in [1.165, 1.54) is 14.2 Å². The lowest BCUT2D eigenvalue weighted by Crippen LogP contribution is -2.56. The molecule has 2 aliphatic rings. The van der Waals surface area contributed by atoms with Gasteiger partial charge in [0.05, 0.1) is 55.8 Å². The molecule has 0 radical (unpaired) electrons. The summed E-state index contributed by atoms with van der Waals surface area (Å²) in [5.41, 5.74) is 5.63. The molecule has 1 aliphatic heterocycles. The molecule has 6 atom stereocenters. The highest BCUT2D eigenvalue weighted by atomic mass is 16.5. The van der Waals surface area contributed by atoms with E-state index in [4.69, 9.17) is 19.9 Å². The van der Waals surface area contributed by atoms with Gasteiger partial charge in [0.1, 0.15) is 6.04 Å². The van der Waals surface area contributed by atoms with Crippen molar-refractivity contribution in [1.82, 2.24) is 20.4 Å². The van der Waals surface area contributed by atoms with Gasteiger partial charge in [-0.05, 0) is 51.0 Å². The summed E-state index contributed by atoms with van der Waals surface area (Å²) in [6.07, 6.45) is 4.32. The average Bonchev–Trinajstić information content (AvgIpc) is 3.79. The molecule has 1 saturated heterocycles. The number of nitrogens with zero attached hydrogens (tertiary/aromatic N) is 2. The van der Waals surface area contributed by atoms with Crippen molar-refractivity contribution >= 4 is 29.6 Å². The van der Waals surface area contributed by atoms with Crippen LogP contribution in [0.4, 0.5) is 0 Å². The summed E-state index contributed by atoms with van der Waals surface area (Å²) >= 11 is 0. The van der Waals surface area contributed by atoms with Crippen molar-refractivity contribution in [1.29, 1.82) is 0 Å². The maximum Gasteiger partial charge on any atom is 0.328 e. The Labute approximate surface area is 290 Å². The number of esters is 1. The highest BCUT2D eigenvalue weighted by Gasteiger charge is 2.43. The summed E-state index contributed by atoms with van der Waals surface area (Å²) in [4.78, 5) is 69.2. The normalized spacial score (nSPS) is 19.8. The number of benzene rings is 1. The fourth-order valence-corrected chi connectivity index (χ4v) is 7.25. The van der Waals surface area contributed by atoms with Gasteiger partial charge in [0.2, 0.25) is 23.6 Å². The molecular formula is C36H57N5O8. The summed E-state index contributed by atoms with van der Waals surface area (Å²) in [6.45, 7) is 5.16. The van der Waals surface area contributed by atoms with Gasteiger partial charge >= 0.3 is 5.97 Å². The third kappa shape index (κ3) is 10.7. The second-order valence-corrected chi connectivity index (χ2v) is 14.0. The van der Waals surface area contributed by atoms with Crippen molar-refractivity contribution < 1.29 is 38.2 Å². The van der Waals surface area contributed by atoms with Crippen molar-refractivity contribution in [2.45, 2.75) is 108 Å². The van der Waals surface area contributed by atoms with Gasteiger partial charge in [-0.25, -0.2) is 4.79 Å². The predicted octanol–water partition coefficient (Wildman–Crippen LogP) is 1.80. The number of rotatable bonds is 17. The van der Waals surface area contributed by atoms with Crippen LogP contribution in [-0.4, -0.2) is 117 Å². The first-order valence-corrected chi connectivity index (χ1v) is 17.3.